The Morgan fingerprint density at radius 2 is 2.00 bits per heavy atom. The molecule has 0 saturated carbocycles. The summed E-state index contributed by atoms with van der Waals surface area (Å²) in [5.74, 6) is 0.144. The third-order valence-corrected chi connectivity index (χ3v) is 6.40. The van der Waals surface area contributed by atoms with Crippen LogP contribution in [-0.2, 0) is 16.1 Å². The van der Waals surface area contributed by atoms with Crippen LogP contribution in [0.25, 0.3) is 10.9 Å². The number of likely N-dealkylation sites (tertiary alicyclic amines) is 1. The van der Waals surface area contributed by atoms with Gasteiger partial charge in [0, 0.05) is 25.0 Å². The topological polar surface area (TPSA) is 60.8 Å². The zero-order valence-electron chi connectivity index (χ0n) is 20.0. The Morgan fingerprint density at radius 1 is 1.18 bits per heavy atom. The average Bonchev–Trinajstić information content (AvgIpc) is 3.22. The number of carbonyl (C=O) groups excluding carboxylic acids is 2. The Bertz CT molecular complexity index is 1200. The van der Waals surface area contributed by atoms with Crippen LogP contribution in [-0.4, -0.2) is 47.6 Å². The van der Waals surface area contributed by atoms with E-state index in [0.717, 1.165) is 35.1 Å². The van der Waals surface area contributed by atoms with E-state index in [-0.39, 0.29) is 17.8 Å². The fourth-order valence-electron chi connectivity index (χ4n) is 4.61. The average molecular weight is 461 g/mol. The molecular weight excluding hydrogens is 428 g/mol. The molecule has 2 aromatic carbocycles. The van der Waals surface area contributed by atoms with Gasteiger partial charge in [-0.05, 0) is 56.0 Å². The number of aryl methyl sites for hydroxylation is 1. The lowest BCUT2D eigenvalue weighted by molar-refractivity contribution is -0.149. The maximum atomic E-state index is 13.8. The summed E-state index contributed by atoms with van der Waals surface area (Å²) in [5, 5.41) is 0.889. The van der Waals surface area contributed by atoms with Crippen molar-refractivity contribution in [2.45, 2.75) is 33.2 Å². The molecule has 1 aliphatic rings. The van der Waals surface area contributed by atoms with Gasteiger partial charge in [0.1, 0.15) is 18.1 Å². The van der Waals surface area contributed by atoms with E-state index in [9.17, 15) is 9.59 Å². The number of hydrogen-bond acceptors (Lipinski definition) is 4. The van der Waals surface area contributed by atoms with Gasteiger partial charge in [0.2, 0.25) is 0 Å². The van der Waals surface area contributed by atoms with Crippen LogP contribution in [0.3, 0.4) is 0 Å². The van der Waals surface area contributed by atoms with E-state index in [2.05, 4.69) is 30.2 Å². The lowest BCUT2D eigenvalue weighted by Crippen LogP contribution is -2.43. The third kappa shape index (κ3) is 4.86. The zero-order chi connectivity index (χ0) is 24.1. The van der Waals surface area contributed by atoms with E-state index in [0.29, 0.717) is 38.5 Å². The summed E-state index contributed by atoms with van der Waals surface area (Å²) >= 11 is 0. The second-order valence-corrected chi connectivity index (χ2v) is 8.67. The van der Waals surface area contributed by atoms with Crippen LogP contribution in [0, 0.1) is 12.8 Å². The first kappa shape index (κ1) is 23.6. The van der Waals surface area contributed by atoms with Gasteiger partial charge < -0.3 is 18.9 Å². The van der Waals surface area contributed by atoms with Crippen molar-refractivity contribution in [1.82, 2.24) is 9.47 Å². The van der Waals surface area contributed by atoms with Crippen molar-refractivity contribution in [3.63, 3.8) is 0 Å². The summed E-state index contributed by atoms with van der Waals surface area (Å²) in [5.41, 5.74) is 3.85. The van der Waals surface area contributed by atoms with Crippen molar-refractivity contribution in [2.75, 3.05) is 26.3 Å². The van der Waals surface area contributed by atoms with Gasteiger partial charge in [-0.25, -0.2) is 0 Å². The summed E-state index contributed by atoms with van der Waals surface area (Å²) in [4.78, 5) is 27.9. The maximum absolute atomic E-state index is 13.8. The van der Waals surface area contributed by atoms with Crippen LogP contribution >= 0.6 is 0 Å². The number of aromatic nitrogens is 1. The van der Waals surface area contributed by atoms with Crippen molar-refractivity contribution < 1.29 is 19.1 Å². The lowest BCUT2D eigenvalue weighted by Gasteiger charge is -2.31. The highest BCUT2D eigenvalue weighted by Crippen LogP contribution is 2.31. The van der Waals surface area contributed by atoms with Gasteiger partial charge in [-0.15, -0.1) is 0 Å². The predicted octanol–water partition coefficient (Wildman–Crippen LogP) is 4.98. The van der Waals surface area contributed by atoms with Gasteiger partial charge >= 0.3 is 5.97 Å². The number of hydrogen-bond donors (Lipinski definition) is 0. The highest BCUT2D eigenvalue weighted by molar-refractivity contribution is 6.00. The molecule has 34 heavy (non-hydrogen) atoms. The fourth-order valence-corrected chi connectivity index (χ4v) is 4.61. The fraction of sp³-hybridized carbons (Fsp3) is 0.357. The van der Waals surface area contributed by atoms with E-state index in [1.54, 1.807) is 17.9 Å². The summed E-state index contributed by atoms with van der Waals surface area (Å²) in [6.45, 7) is 9.93. The van der Waals surface area contributed by atoms with E-state index in [1.165, 1.54) is 5.56 Å². The predicted molar refractivity (Wildman–Crippen MR) is 133 cm³/mol. The summed E-state index contributed by atoms with van der Waals surface area (Å²) in [7, 11) is 0. The zero-order valence-corrected chi connectivity index (χ0v) is 20.0. The smallest absolute Gasteiger partial charge is 0.310 e. The second kappa shape index (κ2) is 10.6. The number of benzene rings is 2. The molecule has 6 heteroatoms. The second-order valence-electron chi connectivity index (χ2n) is 8.67. The molecule has 4 rings (SSSR count). The van der Waals surface area contributed by atoms with Crippen molar-refractivity contribution in [3.8, 4) is 5.75 Å². The number of carbonyl (C=O) groups is 2. The van der Waals surface area contributed by atoms with Gasteiger partial charge in [-0.1, -0.05) is 43.0 Å². The molecule has 1 saturated heterocycles. The van der Waals surface area contributed by atoms with Gasteiger partial charge in [-0.2, -0.15) is 0 Å². The first-order valence-corrected chi connectivity index (χ1v) is 11.9. The third-order valence-electron chi connectivity index (χ3n) is 6.40. The molecule has 1 atom stereocenters. The number of fused-ring (bicyclic) bond motifs is 1. The Balaban J connectivity index is 1.74. The van der Waals surface area contributed by atoms with Crippen molar-refractivity contribution in [2.24, 2.45) is 5.92 Å². The Hall–Kier alpha value is -3.54. The highest BCUT2D eigenvalue weighted by atomic mass is 16.5. The first-order valence-electron chi connectivity index (χ1n) is 11.9. The normalized spacial score (nSPS) is 15.8. The minimum atomic E-state index is -0.279. The minimum Gasteiger partial charge on any atom is -0.489 e. The largest absolute Gasteiger partial charge is 0.489 e. The van der Waals surface area contributed by atoms with Crippen LogP contribution in [0.15, 0.2) is 61.2 Å². The van der Waals surface area contributed by atoms with Gasteiger partial charge in [0.25, 0.3) is 5.91 Å². The van der Waals surface area contributed by atoms with Crippen LogP contribution in [0.5, 0.6) is 5.75 Å². The molecule has 1 aromatic heterocycles. The Labute approximate surface area is 200 Å². The molecule has 3 aromatic rings. The van der Waals surface area contributed by atoms with Crippen molar-refractivity contribution in [1.29, 1.82) is 0 Å². The first-order chi connectivity index (χ1) is 16.5. The molecule has 0 aliphatic carbocycles. The molecule has 0 spiro atoms. The standard InChI is InChI=1S/C28H32N2O4/c1-4-16-34-26-14-8-13-24-23(26)17-25(30(24)19-21-11-7-6-10-20(21)3)27(31)29-15-9-12-22(18-29)28(32)33-5-2/h4,6-8,10-11,13-14,17,22H,1,5,9,12,15-16,18-19H2,2-3H3. The number of esters is 1. The van der Waals surface area contributed by atoms with Gasteiger partial charge in [0.05, 0.1) is 18.0 Å². The van der Waals surface area contributed by atoms with E-state index in [4.69, 9.17) is 9.47 Å². The monoisotopic (exact) mass is 460 g/mol. The molecular formula is C28H32N2O4. The number of amides is 1. The SMILES string of the molecule is C=CCOc1cccc2c1cc(C(=O)N1CCCC(C(=O)OCC)C1)n2Cc1ccccc1C. The van der Waals surface area contributed by atoms with Crippen LogP contribution in [0.4, 0.5) is 0 Å². The van der Waals surface area contributed by atoms with Gasteiger partial charge in [-0.3, -0.25) is 9.59 Å². The molecule has 0 radical (unpaired) electrons. The number of piperidine rings is 1. The van der Waals surface area contributed by atoms with Crippen LogP contribution in [0.1, 0.15) is 41.4 Å². The molecule has 1 fully saturated rings. The molecule has 0 N–H and O–H groups in total. The Morgan fingerprint density at radius 3 is 2.76 bits per heavy atom. The molecule has 1 aliphatic heterocycles. The summed E-state index contributed by atoms with van der Waals surface area (Å²) < 4.78 is 13.2. The quantitative estimate of drug-likeness (QED) is 0.351. The van der Waals surface area contributed by atoms with E-state index >= 15 is 0 Å². The van der Waals surface area contributed by atoms with Crippen molar-refractivity contribution >= 4 is 22.8 Å². The molecule has 6 nitrogen and oxygen atoms in total. The van der Waals surface area contributed by atoms with E-state index < -0.39 is 0 Å². The summed E-state index contributed by atoms with van der Waals surface area (Å²) in [6, 6.07) is 16.0. The van der Waals surface area contributed by atoms with Crippen LogP contribution < -0.4 is 4.74 Å². The lowest BCUT2D eigenvalue weighted by atomic mass is 9.98. The minimum absolute atomic E-state index is 0.0755. The number of rotatable bonds is 8. The Kier molecular flexibility index (Phi) is 7.36. The van der Waals surface area contributed by atoms with E-state index in [1.807, 2.05) is 36.4 Å². The number of ether oxygens (including phenoxy) is 2. The van der Waals surface area contributed by atoms with Crippen LogP contribution in [0.2, 0.25) is 0 Å². The molecule has 178 valence electrons. The molecule has 1 unspecified atom stereocenters. The summed E-state index contributed by atoms with van der Waals surface area (Å²) in [6.07, 6.45) is 3.23. The maximum Gasteiger partial charge on any atom is 0.310 e. The highest BCUT2D eigenvalue weighted by Gasteiger charge is 2.31. The molecule has 1 amide bonds. The number of nitrogens with zero attached hydrogens (tertiary/aromatic N) is 2. The molecule has 0 bridgehead atoms. The van der Waals surface area contributed by atoms with Crippen molar-refractivity contribution in [3.05, 3.63) is 78.0 Å². The van der Waals surface area contributed by atoms with Gasteiger partial charge in [0.15, 0.2) is 0 Å². The molecule has 2 heterocycles.